The lowest BCUT2D eigenvalue weighted by Gasteiger charge is -2.10. The molecular weight excluding hydrogens is 372 g/mol. The van der Waals surface area contributed by atoms with E-state index in [1.165, 1.54) is 0 Å². The first-order valence-corrected chi connectivity index (χ1v) is 9.80. The topological polar surface area (TPSA) is 51.2 Å². The number of fused-ring (bicyclic) bond motifs is 1. The maximum Gasteiger partial charge on any atom is 0.251 e. The number of aromatic nitrogens is 1. The van der Waals surface area contributed by atoms with E-state index >= 15 is 0 Å². The first-order valence-electron chi connectivity index (χ1n) is 9.80. The van der Waals surface area contributed by atoms with Crippen LogP contribution in [0.25, 0.3) is 22.6 Å². The van der Waals surface area contributed by atoms with Crippen molar-refractivity contribution < 1.29 is 9.53 Å². The highest BCUT2D eigenvalue weighted by molar-refractivity contribution is 6.24. The Balaban J connectivity index is 1.50. The Hall–Kier alpha value is -3.92. The monoisotopic (exact) mass is 394 g/mol. The summed E-state index contributed by atoms with van der Waals surface area (Å²) in [5.41, 5.74) is 4.22. The molecule has 1 N–H and O–H groups in total. The third-order valence-corrected chi connectivity index (χ3v) is 4.79. The van der Waals surface area contributed by atoms with Gasteiger partial charge in [-0.3, -0.25) is 4.79 Å². The van der Waals surface area contributed by atoms with Gasteiger partial charge in [-0.25, -0.2) is 4.98 Å². The first kappa shape index (κ1) is 19.4. The summed E-state index contributed by atoms with van der Waals surface area (Å²) in [6.07, 6.45) is 1.88. The zero-order valence-electron chi connectivity index (χ0n) is 16.7. The maximum absolute atomic E-state index is 12.4. The van der Waals surface area contributed by atoms with Gasteiger partial charge >= 0.3 is 0 Å². The molecule has 0 saturated heterocycles. The van der Waals surface area contributed by atoms with Crippen molar-refractivity contribution >= 4 is 28.5 Å². The summed E-state index contributed by atoms with van der Waals surface area (Å²) in [5.74, 6) is 0.595. The smallest absolute Gasteiger partial charge is 0.251 e. The Labute approximate surface area is 175 Å². The molecular formula is C26H22N2O2. The number of rotatable bonds is 6. The Kier molecular flexibility index (Phi) is 5.85. The number of pyridine rings is 1. The van der Waals surface area contributed by atoms with Gasteiger partial charge in [-0.15, -0.1) is 0 Å². The summed E-state index contributed by atoms with van der Waals surface area (Å²) in [4.78, 5) is 17.0. The summed E-state index contributed by atoms with van der Waals surface area (Å²) < 4.78 is 5.90. The number of nitrogens with one attached hydrogen (secondary N) is 1. The van der Waals surface area contributed by atoms with Crippen LogP contribution in [0.15, 0.2) is 91.0 Å². The summed E-state index contributed by atoms with van der Waals surface area (Å²) in [7, 11) is 1.63. The molecule has 0 unspecified atom stereocenters. The number of hydrogen-bond donors (Lipinski definition) is 1. The molecule has 0 saturated carbocycles. The molecule has 4 nitrogen and oxygen atoms in total. The number of likely N-dealkylation sites (N-methyl/N-ethyl adjacent to an activating group) is 1. The van der Waals surface area contributed by atoms with Crippen molar-refractivity contribution in [3.63, 3.8) is 0 Å². The van der Waals surface area contributed by atoms with E-state index in [4.69, 9.17) is 4.74 Å². The van der Waals surface area contributed by atoms with Gasteiger partial charge in [0, 0.05) is 18.0 Å². The summed E-state index contributed by atoms with van der Waals surface area (Å²) in [6, 6.07) is 29.4. The lowest BCUT2D eigenvalue weighted by molar-refractivity contribution is -0.115. The molecule has 0 fully saturated rings. The molecule has 4 heteroatoms. The van der Waals surface area contributed by atoms with Crippen LogP contribution >= 0.6 is 0 Å². The quantitative estimate of drug-likeness (QED) is 0.366. The van der Waals surface area contributed by atoms with Gasteiger partial charge in [0.25, 0.3) is 5.91 Å². The lowest BCUT2D eigenvalue weighted by Crippen LogP contribution is -2.19. The first-order chi connectivity index (χ1) is 14.7. The lowest BCUT2D eigenvalue weighted by atomic mass is 10.0. The number of benzene rings is 3. The molecule has 0 radical (unpaired) electrons. The number of ether oxygens (including phenoxy) is 1. The number of nitrogens with zero attached hydrogens (tertiary/aromatic N) is 1. The van der Waals surface area contributed by atoms with Crippen molar-refractivity contribution in [2.24, 2.45) is 0 Å². The van der Waals surface area contributed by atoms with E-state index in [-0.39, 0.29) is 5.91 Å². The molecule has 0 bridgehead atoms. The van der Waals surface area contributed by atoms with E-state index in [1.807, 2.05) is 97.1 Å². The van der Waals surface area contributed by atoms with E-state index < -0.39 is 0 Å². The molecule has 0 atom stereocenters. The van der Waals surface area contributed by atoms with Crippen molar-refractivity contribution in [1.82, 2.24) is 10.3 Å². The van der Waals surface area contributed by atoms with Gasteiger partial charge in [0.15, 0.2) is 0 Å². The van der Waals surface area contributed by atoms with Crippen LogP contribution in [0.1, 0.15) is 16.8 Å². The van der Waals surface area contributed by atoms with Crippen molar-refractivity contribution in [3.8, 4) is 5.75 Å². The highest BCUT2D eigenvalue weighted by Gasteiger charge is 2.11. The molecule has 1 heterocycles. The van der Waals surface area contributed by atoms with Gasteiger partial charge in [0.2, 0.25) is 0 Å². The molecule has 1 aromatic heterocycles. The molecule has 4 aromatic rings. The van der Waals surface area contributed by atoms with E-state index in [0.717, 1.165) is 33.5 Å². The van der Waals surface area contributed by atoms with Crippen molar-refractivity contribution in [2.45, 2.75) is 6.61 Å². The van der Waals surface area contributed by atoms with Crippen molar-refractivity contribution in [3.05, 3.63) is 108 Å². The average molecular weight is 394 g/mol. The number of carbonyl (C=O) groups is 1. The van der Waals surface area contributed by atoms with Crippen LogP contribution < -0.4 is 10.1 Å². The number of amides is 1. The number of carbonyl (C=O) groups excluding carboxylic acids is 1. The van der Waals surface area contributed by atoms with Gasteiger partial charge in [-0.2, -0.15) is 0 Å². The molecule has 4 rings (SSSR count). The molecule has 0 spiro atoms. The van der Waals surface area contributed by atoms with Gasteiger partial charge in [-0.1, -0.05) is 66.7 Å². The molecule has 30 heavy (non-hydrogen) atoms. The van der Waals surface area contributed by atoms with Crippen LogP contribution in [0.2, 0.25) is 0 Å². The average Bonchev–Trinajstić information content (AvgIpc) is 2.81. The molecule has 148 valence electrons. The van der Waals surface area contributed by atoms with Gasteiger partial charge in [0.1, 0.15) is 12.4 Å². The Morgan fingerprint density at radius 2 is 1.63 bits per heavy atom. The predicted octanol–water partition coefficient (Wildman–Crippen LogP) is 5.10. The van der Waals surface area contributed by atoms with Crippen LogP contribution in [0.4, 0.5) is 0 Å². The second kappa shape index (κ2) is 9.05. The van der Waals surface area contributed by atoms with E-state index in [0.29, 0.717) is 12.2 Å². The molecule has 0 aliphatic rings. The standard InChI is InChI=1S/C26H22N2O2/c1-27-26(29)24(17-19-7-3-2-4-8-19)20-12-15-23(16-13-20)30-18-22-14-11-21-9-5-6-10-25(21)28-22/h2-17H,18H2,1H3,(H,27,29)/b24-17+. The predicted molar refractivity (Wildman–Crippen MR) is 121 cm³/mol. The number of hydrogen-bond acceptors (Lipinski definition) is 3. The van der Waals surface area contributed by atoms with Crippen LogP contribution in [0.5, 0.6) is 5.75 Å². The molecule has 0 aliphatic heterocycles. The van der Waals surface area contributed by atoms with Crippen LogP contribution in [-0.4, -0.2) is 17.9 Å². The largest absolute Gasteiger partial charge is 0.487 e. The van der Waals surface area contributed by atoms with E-state index in [9.17, 15) is 4.79 Å². The van der Waals surface area contributed by atoms with Crippen LogP contribution in [0.3, 0.4) is 0 Å². The zero-order chi connectivity index (χ0) is 20.8. The highest BCUT2D eigenvalue weighted by atomic mass is 16.5. The second-order valence-electron chi connectivity index (χ2n) is 6.86. The third kappa shape index (κ3) is 4.55. The summed E-state index contributed by atoms with van der Waals surface area (Å²) >= 11 is 0. The highest BCUT2D eigenvalue weighted by Crippen LogP contribution is 2.22. The fourth-order valence-electron chi connectivity index (χ4n) is 3.21. The minimum atomic E-state index is -0.132. The molecule has 3 aromatic carbocycles. The number of para-hydroxylation sites is 1. The summed E-state index contributed by atoms with van der Waals surface area (Å²) in [6.45, 7) is 0.381. The fourth-order valence-corrected chi connectivity index (χ4v) is 3.21. The Morgan fingerprint density at radius 3 is 2.40 bits per heavy atom. The Morgan fingerprint density at radius 1 is 0.900 bits per heavy atom. The second-order valence-corrected chi connectivity index (χ2v) is 6.86. The van der Waals surface area contributed by atoms with Gasteiger partial charge < -0.3 is 10.1 Å². The summed E-state index contributed by atoms with van der Waals surface area (Å²) in [5, 5.41) is 3.82. The normalized spacial score (nSPS) is 11.3. The van der Waals surface area contributed by atoms with Crippen LogP contribution in [0, 0.1) is 0 Å². The van der Waals surface area contributed by atoms with E-state index in [2.05, 4.69) is 10.3 Å². The zero-order valence-corrected chi connectivity index (χ0v) is 16.7. The van der Waals surface area contributed by atoms with Crippen molar-refractivity contribution in [2.75, 3.05) is 7.05 Å². The van der Waals surface area contributed by atoms with Gasteiger partial charge in [0.05, 0.1) is 11.2 Å². The van der Waals surface area contributed by atoms with Crippen LogP contribution in [-0.2, 0) is 11.4 Å². The molecule has 1 amide bonds. The third-order valence-electron chi connectivity index (χ3n) is 4.79. The Bertz CT molecular complexity index is 1180. The maximum atomic E-state index is 12.4. The molecule has 0 aliphatic carbocycles. The van der Waals surface area contributed by atoms with E-state index in [1.54, 1.807) is 7.05 Å². The van der Waals surface area contributed by atoms with Crippen molar-refractivity contribution in [1.29, 1.82) is 0 Å². The minimum absolute atomic E-state index is 0.132. The van der Waals surface area contributed by atoms with Gasteiger partial charge in [-0.05, 0) is 41.5 Å². The minimum Gasteiger partial charge on any atom is -0.487 e. The fraction of sp³-hybridized carbons (Fsp3) is 0.0769. The SMILES string of the molecule is CNC(=O)/C(=C/c1ccccc1)c1ccc(OCc2ccc3ccccc3n2)cc1.